The Bertz CT molecular complexity index is 596. The van der Waals surface area contributed by atoms with Crippen LogP contribution in [0.4, 0.5) is 5.69 Å². The predicted molar refractivity (Wildman–Crippen MR) is 82.5 cm³/mol. The van der Waals surface area contributed by atoms with E-state index in [9.17, 15) is 4.79 Å². The molecule has 0 atom stereocenters. The van der Waals surface area contributed by atoms with Gasteiger partial charge in [0.1, 0.15) is 0 Å². The summed E-state index contributed by atoms with van der Waals surface area (Å²) in [5, 5.41) is 0.627. The molecule has 0 aliphatic heterocycles. The Labute approximate surface area is 124 Å². The zero-order valence-electron chi connectivity index (χ0n) is 11.3. The average Bonchev–Trinajstić information content (AvgIpc) is 2.44. The van der Waals surface area contributed by atoms with Gasteiger partial charge in [-0.05, 0) is 29.3 Å². The van der Waals surface area contributed by atoms with Crippen molar-refractivity contribution in [1.82, 2.24) is 4.90 Å². The lowest BCUT2D eigenvalue weighted by atomic mass is 10.1. The molecule has 0 bridgehead atoms. The van der Waals surface area contributed by atoms with Crippen LogP contribution in [0.3, 0.4) is 0 Å². The summed E-state index contributed by atoms with van der Waals surface area (Å²) in [6.45, 7) is 0.559. The number of halogens is 1. The third-order valence-electron chi connectivity index (χ3n) is 3.12. The highest BCUT2D eigenvalue weighted by atomic mass is 35.5. The van der Waals surface area contributed by atoms with Crippen molar-refractivity contribution in [2.45, 2.75) is 13.0 Å². The van der Waals surface area contributed by atoms with E-state index in [1.54, 1.807) is 18.0 Å². The van der Waals surface area contributed by atoms with Gasteiger partial charge in [0, 0.05) is 24.3 Å². The lowest BCUT2D eigenvalue weighted by Gasteiger charge is -2.17. The number of anilines is 1. The van der Waals surface area contributed by atoms with E-state index in [0.29, 0.717) is 18.0 Å². The maximum Gasteiger partial charge on any atom is 0.227 e. The van der Waals surface area contributed by atoms with Crippen molar-refractivity contribution < 1.29 is 4.79 Å². The number of nitrogens with zero attached hydrogens (tertiary/aromatic N) is 1. The predicted octanol–water partition coefficient (Wildman–Crippen LogP) is 3.12. The van der Waals surface area contributed by atoms with E-state index in [4.69, 9.17) is 17.3 Å². The summed E-state index contributed by atoms with van der Waals surface area (Å²) < 4.78 is 0. The van der Waals surface area contributed by atoms with Gasteiger partial charge in [0.2, 0.25) is 5.91 Å². The van der Waals surface area contributed by atoms with Gasteiger partial charge in [-0.2, -0.15) is 0 Å². The van der Waals surface area contributed by atoms with Crippen molar-refractivity contribution in [1.29, 1.82) is 0 Å². The molecule has 0 heterocycles. The molecule has 1 amide bonds. The van der Waals surface area contributed by atoms with Crippen molar-refractivity contribution in [3.8, 4) is 0 Å². The first-order valence-electron chi connectivity index (χ1n) is 6.38. The second-order valence-electron chi connectivity index (χ2n) is 4.76. The summed E-state index contributed by atoms with van der Waals surface area (Å²) in [4.78, 5) is 13.9. The smallest absolute Gasteiger partial charge is 0.227 e. The largest absolute Gasteiger partial charge is 0.399 e. The Morgan fingerprint density at radius 1 is 1.15 bits per heavy atom. The van der Waals surface area contributed by atoms with Crippen LogP contribution in [0.1, 0.15) is 11.1 Å². The lowest BCUT2D eigenvalue weighted by Crippen LogP contribution is -2.27. The summed E-state index contributed by atoms with van der Waals surface area (Å²) in [5.41, 5.74) is 8.26. The maximum atomic E-state index is 12.2. The summed E-state index contributed by atoms with van der Waals surface area (Å²) >= 11 is 6.07. The van der Waals surface area contributed by atoms with E-state index in [2.05, 4.69) is 0 Å². The number of carbonyl (C=O) groups is 1. The molecule has 0 saturated carbocycles. The highest BCUT2D eigenvalue weighted by Crippen LogP contribution is 2.16. The third-order valence-corrected chi connectivity index (χ3v) is 3.49. The van der Waals surface area contributed by atoms with Crippen LogP contribution in [0.25, 0.3) is 0 Å². The molecule has 2 N–H and O–H groups in total. The Kier molecular flexibility index (Phi) is 4.64. The fourth-order valence-electron chi connectivity index (χ4n) is 1.92. The van der Waals surface area contributed by atoms with Crippen molar-refractivity contribution in [3.63, 3.8) is 0 Å². The van der Waals surface area contributed by atoms with Crippen LogP contribution in [-0.4, -0.2) is 17.9 Å². The van der Waals surface area contributed by atoms with Crippen molar-refractivity contribution in [2.75, 3.05) is 12.8 Å². The molecule has 0 aliphatic carbocycles. The number of carbonyl (C=O) groups excluding carboxylic acids is 1. The van der Waals surface area contributed by atoms with Crippen LogP contribution >= 0.6 is 11.6 Å². The third kappa shape index (κ3) is 3.75. The molecule has 4 heteroatoms. The topological polar surface area (TPSA) is 46.3 Å². The minimum atomic E-state index is 0.0370. The molecule has 2 aromatic rings. The summed E-state index contributed by atoms with van der Waals surface area (Å²) in [7, 11) is 1.79. The van der Waals surface area contributed by atoms with Crippen LogP contribution in [0.5, 0.6) is 0 Å². The number of nitrogens with two attached hydrogens (primary N) is 1. The van der Waals surface area contributed by atoms with E-state index in [0.717, 1.165) is 16.8 Å². The monoisotopic (exact) mass is 288 g/mol. The summed E-state index contributed by atoms with van der Waals surface area (Å²) in [6, 6.07) is 14.9. The van der Waals surface area contributed by atoms with Gasteiger partial charge in [-0.1, -0.05) is 41.9 Å². The fourth-order valence-corrected chi connectivity index (χ4v) is 2.13. The maximum absolute atomic E-state index is 12.2. The van der Waals surface area contributed by atoms with Gasteiger partial charge < -0.3 is 10.6 Å². The number of rotatable bonds is 4. The molecular weight excluding hydrogens is 272 g/mol. The van der Waals surface area contributed by atoms with E-state index in [1.807, 2.05) is 42.5 Å². The van der Waals surface area contributed by atoms with Gasteiger partial charge in [0.25, 0.3) is 0 Å². The minimum Gasteiger partial charge on any atom is -0.399 e. The normalized spacial score (nSPS) is 10.3. The molecule has 104 valence electrons. The van der Waals surface area contributed by atoms with Crippen LogP contribution in [0, 0.1) is 0 Å². The highest BCUT2D eigenvalue weighted by Gasteiger charge is 2.11. The number of nitrogen functional groups attached to an aromatic ring is 1. The molecule has 2 aromatic carbocycles. The van der Waals surface area contributed by atoms with Crippen molar-refractivity contribution >= 4 is 23.2 Å². The van der Waals surface area contributed by atoms with Crippen molar-refractivity contribution in [2.24, 2.45) is 0 Å². The first kappa shape index (κ1) is 14.4. The van der Waals surface area contributed by atoms with Crippen LogP contribution < -0.4 is 5.73 Å². The number of hydrogen-bond acceptors (Lipinski definition) is 2. The van der Waals surface area contributed by atoms with Gasteiger partial charge in [-0.3, -0.25) is 4.79 Å². The van der Waals surface area contributed by atoms with E-state index >= 15 is 0 Å². The molecule has 2 rings (SSSR count). The fraction of sp³-hybridized carbons (Fsp3) is 0.188. The SMILES string of the molecule is CN(Cc1ccc(N)cc1)C(=O)Cc1ccccc1Cl. The number of likely N-dealkylation sites (N-methyl/N-ethyl adjacent to an activating group) is 1. The highest BCUT2D eigenvalue weighted by molar-refractivity contribution is 6.31. The molecule has 3 nitrogen and oxygen atoms in total. The molecule has 0 fully saturated rings. The Morgan fingerprint density at radius 3 is 2.45 bits per heavy atom. The zero-order valence-corrected chi connectivity index (χ0v) is 12.1. The molecule has 0 unspecified atom stereocenters. The number of hydrogen-bond donors (Lipinski definition) is 1. The Hall–Kier alpha value is -2.00. The summed E-state index contributed by atoms with van der Waals surface area (Å²) in [5.74, 6) is 0.0370. The van der Waals surface area contributed by atoms with Crippen LogP contribution in [-0.2, 0) is 17.8 Å². The van der Waals surface area contributed by atoms with Gasteiger partial charge in [0.15, 0.2) is 0 Å². The second kappa shape index (κ2) is 6.44. The van der Waals surface area contributed by atoms with E-state index in [1.165, 1.54) is 0 Å². The summed E-state index contributed by atoms with van der Waals surface area (Å²) in [6.07, 6.45) is 0.311. The Morgan fingerprint density at radius 2 is 1.80 bits per heavy atom. The quantitative estimate of drug-likeness (QED) is 0.879. The number of amides is 1. The minimum absolute atomic E-state index is 0.0370. The molecule has 0 spiro atoms. The van der Waals surface area contributed by atoms with Crippen molar-refractivity contribution in [3.05, 3.63) is 64.7 Å². The zero-order chi connectivity index (χ0) is 14.5. The first-order valence-corrected chi connectivity index (χ1v) is 6.76. The molecule has 0 aliphatic rings. The number of benzene rings is 2. The van der Waals surface area contributed by atoms with Gasteiger partial charge in [-0.15, -0.1) is 0 Å². The van der Waals surface area contributed by atoms with Crippen LogP contribution in [0.2, 0.25) is 5.02 Å². The van der Waals surface area contributed by atoms with Crippen LogP contribution in [0.15, 0.2) is 48.5 Å². The molecule has 0 aromatic heterocycles. The van der Waals surface area contributed by atoms with E-state index < -0.39 is 0 Å². The molecule has 0 saturated heterocycles. The van der Waals surface area contributed by atoms with Gasteiger partial charge in [0.05, 0.1) is 6.42 Å². The molecule has 0 radical (unpaired) electrons. The van der Waals surface area contributed by atoms with Gasteiger partial charge in [-0.25, -0.2) is 0 Å². The molecular formula is C16H17ClN2O. The Balaban J connectivity index is 1.99. The van der Waals surface area contributed by atoms with E-state index in [-0.39, 0.29) is 5.91 Å². The molecule has 20 heavy (non-hydrogen) atoms. The second-order valence-corrected chi connectivity index (χ2v) is 5.17. The first-order chi connectivity index (χ1) is 9.56. The van der Waals surface area contributed by atoms with Gasteiger partial charge >= 0.3 is 0 Å². The average molecular weight is 289 g/mol. The lowest BCUT2D eigenvalue weighted by molar-refractivity contribution is -0.129. The standard InChI is InChI=1S/C16H17ClN2O/c1-19(11-12-6-8-14(18)9-7-12)16(20)10-13-4-2-3-5-15(13)17/h2-9H,10-11,18H2,1H3.